The van der Waals surface area contributed by atoms with Crippen LogP contribution < -0.4 is 11.2 Å². The molecule has 6 nitrogen and oxygen atoms in total. The number of piperidine rings is 1. The molecular weight excluding hydrogens is 356 g/mol. The van der Waals surface area contributed by atoms with Gasteiger partial charge < -0.3 is 14.1 Å². The van der Waals surface area contributed by atoms with E-state index in [0.717, 1.165) is 42.7 Å². The molecule has 2 bridgehead atoms. The molecule has 1 fully saturated rings. The van der Waals surface area contributed by atoms with Crippen molar-refractivity contribution in [1.82, 2.24) is 9.47 Å². The largest absolute Gasteiger partial charge is 0.508 e. The molecular formula is C22H22N2O4. The van der Waals surface area contributed by atoms with Crippen LogP contribution in [0.3, 0.4) is 0 Å². The SMILES string of the molecule is Cc1c(O)ccc2c(CN3C[C@@H]4C[C@@H](C3)c3cccc(=O)n3C4)cc(=O)oc12. The van der Waals surface area contributed by atoms with Crippen molar-refractivity contribution in [3.05, 3.63) is 74.0 Å². The number of phenols is 1. The number of fused-ring (bicyclic) bond motifs is 5. The molecule has 4 heterocycles. The second-order valence-electron chi connectivity index (χ2n) is 8.07. The summed E-state index contributed by atoms with van der Waals surface area (Å²) in [4.78, 5) is 26.7. The second-order valence-corrected chi connectivity index (χ2v) is 8.07. The molecule has 0 amide bonds. The minimum absolute atomic E-state index is 0.0857. The van der Waals surface area contributed by atoms with Crippen molar-refractivity contribution >= 4 is 11.0 Å². The fourth-order valence-electron chi connectivity index (χ4n) is 4.91. The molecule has 2 aliphatic rings. The van der Waals surface area contributed by atoms with Gasteiger partial charge in [-0.05, 0) is 43.0 Å². The maximum Gasteiger partial charge on any atom is 0.336 e. The lowest BCUT2D eigenvalue weighted by Crippen LogP contribution is -2.46. The molecule has 1 aromatic carbocycles. The average molecular weight is 378 g/mol. The van der Waals surface area contributed by atoms with E-state index in [2.05, 4.69) is 11.0 Å². The minimum Gasteiger partial charge on any atom is -0.508 e. The summed E-state index contributed by atoms with van der Waals surface area (Å²) in [6, 6.07) is 10.6. The zero-order valence-corrected chi connectivity index (χ0v) is 15.7. The van der Waals surface area contributed by atoms with Crippen molar-refractivity contribution in [2.24, 2.45) is 5.92 Å². The molecule has 2 aliphatic heterocycles. The van der Waals surface area contributed by atoms with E-state index in [0.29, 0.717) is 29.5 Å². The number of phenolic OH excluding ortho intramolecular Hbond substituents is 1. The van der Waals surface area contributed by atoms with Crippen LogP contribution in [0.15, 0.2) is 50.4 Å². The molecule has 0 saturated carbocycles. The molecule has 0 unspecified atom stereocenters. The highest BCUT2D eigenvalue weighted by molar-refractivity contribution is 5.84. The molecule has 6 heteroatoms. The molecule has 144 valence electrons. The molecule has 2 atom stereocenters. The smallest absolute Gasteiger partial charge is 0.336 e. The van der Waals surface area contributed by atoms with Gasteiger partial charge in [0.25, 0.3) is 5.56 Å². The number of likely N-dealkylation sites (tertiary alicyclic amines) is 1. The maximum atomic E-state index is 12.2. The number of aromatic nitrogens is 1. The number of aryl methyl sites for hydroxylation is 1. The minimum atomic E-state index is -0.398. The maximum absolute atomic E-state index is 12.2. The summed E-state index contributed by atoms with van der Waals surface area (Å²) in [6.07, 6.45) is 1.10. The van der Waals surface area contributed by atoms with Crippen molar-refractivity contribution in [3.8, 4) is 5.75 Å². The molecule has 28 heavy (non-hydrogen) atoms. The first-order valence-electron chi connectivity index (χ1n) is 9.67. The van der Waals surface area contributed by atoms with E-state index < -0.39 is 5.63 Å². The summed E-state index contributed by atoms with van der Waals surface area (Å²) < 4.78 is 7.29. The van der Waals surface area contributed by atoms with Crippen molar-refractivity contribution in [1.29, 1.82) is 0 Å². The lowest BCUT2D eigenvalue weighted by molar-refractivity contribution is 0.114. The van der Waals surface area contributed by atoms with Gasteiger partial charge in [0.05, 0.1) is 0 Å². The zero-order chi connectivity index (χ0) is 19.4. The highest BCUT2D eigenvalue weighted by Crippen LogP contribution is 2.36. The van der Waals surface area contributed by atoms with Crippen LogP contribution in [0.25, 0.3) is 11.0 Å². The van der Waals surface area contributed by atoms with Crippen LogP contribution in [0.4, 0.5) is 0 Å². The molecule has 0 radical (unpaired) electrons. The van der Waals surface area contributed by atoms with Crippen LogP contribution >= 0.6 is 0 Å². The van der Waals surface area contributed by atoms with Crippen molar-refractivity contribution < 1.29 is 9.52 Å². The number of rotatable bonds is 2. The van der Waals surface area contributed by atoms with Gasteiger partial charge >= 0.3 is 5.63 Å². The number of aromatic hydroxyl groups is 1. The molecule has 0 aliphatic carbocycles. The summed E-state index contributed by atoms with van der Waals surface area (Å²) in [5.74, 6) is 0.893. The topological polar surface area (TPSA) is 75.7 Å². The number of benzene rings is 1. The van der Waals surface area contributed by atoms with Crippen LogP contribution in [0, 0.1) is 12.8 Å². The number of hydrogen-bond acceptors (Lipinski definition) is 5. The van der Waals surface area contributed by atoms with E-state index in [4.69, 9.17) is 4.42 Å². The van der Waals surface area contributed by atoms with E-state index in [1.807, 2.05) is 16.7 Å². The van der Waals surface area contributed by atoms with Gasteiger partial charge in [-0.15, -0.1) is 0 Å². The Morgan fingerprint density at radius 1 is 1.14 bits per heavy atom. The third-order valence-corrected chi connectivity index (χ3v) is 6.17. The number of pyridine rings is 1. The Kier molecular flexibility index (Phi) is 3.91. The van der Waals surface area contributed by atoms with Gasteiger partial charge in [-0.3, -0.25) is 9.69 Å². The highest BCUT2D eigenvalue weighted by Gasteiger charge is 2.34. The molecule has 3 aromatic rings. The Morgan fingerprint density at radius 2 is 2.00 bits per heavy atom. The van der Waals surface area contributed by atoms with Gasteiger partial charge in [-0.25, -0.2) is 4.79 Å². The van der Waals surface area contributed by atoms with E-state index in [9.17, 15) is 14.7 Å². The van der Waals surface area contributed by atoms with Gasteiger partial charge in [-0.2, -0.15) is 0 Å². The quantitative estimate of drug-likeness (QED) is 0.694. The fraction of sp³-hybridized carbons (Fsp3) is 0.364. The monoisotopic (exact) mass is 378 g/mol. The number of nitrogens with zero attached hydrogens (tertiary/aromatic N) is 2. The fourth-order valence-corrected chi connectivity index (χ4v) is 4.91. The molecule has 5 rings (SSSR count). The first-order valence-corrected chi connectivity index (χ1v) is 9.67. The number of hydrogen-bond donors (Lipinski definition) is 1. The van der Waals surface area contributed by atoms with E-state index >= 15 is 0 Å². The summed E-state index contributed by atoms with van der Waals surface area (Å²) in [7, 11) is 0. The zero-order valence-electron chi connectivity index (χ0n) is 15.7. The third kappa shape index (κ3) is 2.76. The highest BCUT2D eigenvalue weighted by atomic mass is 16.4. The second kappa shape index (κ2) is 6.34. The van der Waals surface area contributed by atoms with E-state index in [1.165, 1.54) is 0 Å². The van der Waals surface area contributed by atoms with Crippen LogP contribution in [-0.4, -0.2) is 27.7 Å². The summed E-state index contributed by atoms with van der Waals surface area (Å²) in [5, 5.41) is 10.8. The Labute approximate surface area is 161 Å². The first-order chi connectivity index (χ1) is 13.5. The Hall–Kier alpha value is -2.86. The average Bonchev–Trinajstić information content (AvgIpc) is 2.66. The lowest BCUT2D eigenvalue weighted by Gasteiger charge is -2.42. The van der Waals surface area contributed by atoms with Crippen molar-refractivity contribution in [3.63, 3.8) is 0 Å². The van der Waals surface area contributed by atoms with Gasteiger partial charge in [0, 0.05) is 60.9 Å². The van der Waals surface area contributed by atoms with Crippen LogP contribution in [0.2, 0.25) is 0 Å². The van der Waals surface area contributed by atoms with Crippen molar-refractivity contribution in [2.75, 3.05) is 13.1 Å². The van der Waals surface area contributed by atoms with Gasteiger partial charge in [0.1, 0.15) is 11.3 Å². The van der Waals surface area contributed by atoms with E-state index in [1.54, 1.807) is 25.1 Å². The molecule has 1 saturated heterocycles. The normalized spacial score (nSPS) is 21.6. The van der Waals surface area contributed by atoms with Gasteiger partial charge in [-0.1, -0.05) is 6.07 Å². The van der Waals surface area contributed by atoms with Crippen LogP contribution in [0.1, 0.15) is 29.2 Å². The summed E-state index contributed by atoms with van der Waals surface area (Å²) in [6.45, 7) is 4.92. The summed E-state index contributed by atoms with van der Waals surface area (Å²) in [5.41, 5.74) is 2.76. The first kappa shape index (κ1) is 17.3. The van der Waals surface area contributed by atoms with Crippen LogP contribution in [-0.2, 0) is 13.1 Å². The van der Waals surface area contributed by atoms with Crippen LogP contribution in [0.5, 0.6) is 5.75 Å². The molecule has 2 aromatic heterocycles. The van der Waals surface area contributed by atoms with E-state index in [-0.39, 0.29) is 11.3 Å². The predicted molar refractivity (Wildman–Crippen MR) is 106 cm³/mol. The molecule has 1 N–H and O–H groups in total. The molecule has 0 spiro atoms. The predicted octanol–water partition coefficient (Wildman–Crippen LogP) is 2.59. The van der Waals surface area contributed by atoms with Gasteiger partial charge in [0.15, 0.2) is 0 Å². The summed E-state index contributed by atoms with van der Waals surface area (Å²) >= 11 is 0. The Bertz CT molecular complexity index is 1190. The van der Waals surface area contributed by atoms with Crippen molar-refractivity contribution in [2.45, 2.75) is 32.4 Å². The third-order valence-electron chi connectivity index (χ3n) is 6.17. The lowest BCUT2D eigenvalue weighted by atomic mass is 9.83. The van der Waals surface area contributed by atoms with Gasteiger partial charge in [0.2, 0.25) is 0 Å². The standard InChI is InChI=1S/C22H22N2O4/c1-13-19(25)6-5-17-15(8-21(27)28-22(13)17)11-23-9-14-7-16(12-23)18-3-2-4-20(26)24(18)10-14/h2-6,8,14,16,25H,7,9-12H2,1H3/t14-,16-/m0/s1. The Balaban J connectivity index is 1.49. The Morgan fingerprint density at radius 3 is 2.86 bits per heavy atom.